The fourth-order valence-corrected chi connectivity index (χ4v) is 2.44. The van der Waals surface area contributed by atoms with Gasteiger partial charge < -0.3 is 19.7 Å². The number of carbonyl (C=O) groups excluding carboxylic acids is 2. The summed E-state index contributed by atoms with van der Waals surface area (Å²) < 4.78 is 10.0. The molecule has 0 aliphatic rings. The number of ether oxygens (including phenoxy) is 2. The van der Waals surface area contributed by atoms with Crippen molar-refractivity contribution >= 4 is 29.3 Å². The maximum Gasteiger partial charge on any atom is 0.312 e. The van der Waals surface area contributed by atoms with Crippen molar-refractivity contribution in [1.29, 1.82) is 0 Å². The maximum atomic E-state index is 12.2. The number of carbonyl (C=O) groups is 2. The average molecular weight is 399 g/mol. The highest BCUT2D eigenvalue weighted by molar-refractivity contribution is 5.98. The zero-order chi connectivity index (χ0) is 21.4. The fourth-order valence-electron chi connectivity index (χ4n) is 2.44. The van der Waals surface area contributed by atoms with Gasteiger partial charge in [-0.25, -0.2) is 0 Å². The van der Waals surface area contributed by atoms with E-state index in [4.69, 9.17) is 9.47 Å². The Balaban J connectivity index is 1.97. The third-order valence-electron chi connectivity index (χ3n) is 3.93. The van der Waals surface area contributed by atoms with Crippen molar-refractivity contribution in [3.8, 4) is 11.5 Å². The zero-order valence-corrected chi connectivity index (χ0v) is 16.2. The Morgan fingerprint density at radius 2 is 1.93 bits per heavy atom. The lowest BCUT2D eigenvalue weighted by Crippen LogP contribution is -2.33. The molecule has 0 saturated carbocycles. The van der Waals surface area contributed by atoms with Crippen LogP contribution in [0.3, 0.4) is 0 Å². The van der Waals surface area contributed by atoms with Gasteiger partial charge in [0.1, 0.15) is 5.75 Å². The lowest BCUT2D eigenvalue weighted by molar-refractivity contribution is -0.385. The standard InChI is InChI=1S/C20H21N3O6/c1-22(20(25)10-7-14-5-4-6-16(11-14)28-2)13-19(24)21-15-8-9-18(29-3)17(12-15)23(26)27/h4-12H,13H2,1-3H3,(H,21,24)/b10-7+. The highest BCUT2D eigenvalue weighted by Crippen LogP contribution is 2.29. The third-order valence-corrected chi connectivity index (χ3v) is 3.93. The molecular weight excluding hydrogens is 378 g/mol. The van der Waals surface area contributed by atoms with E-state index in [1.165, 1.54) is 43.3 Å². The summed E-state index contributed by atoms with van der Waals surface area (Å²) in [4.78, 5) is 36.1. The van der Waals surface area contributed by atoms with Crippen LogP contribution in [0.5, 0.6) is 11.5 Å². The van der Waals surface area contributed by atoms with Crippen molar-refractivity contribution in [1.82, 2.24) is 4.90 Å². The van der Waals surface area contributed by atoms with Gasteiger partial charge in [0.2, 0.25) is 11.8 Å². The summed E-state index contributed by atoms with van der Waals surface area (Å²) in [6, 6.07) is 11.2. The van der Waals surface area contributed by atoms with Crippen LogP contribution >= 0.6 is 0 Å². The van der Waals surface area contributed by atoms with Crippen LogP contribution in [-0.2, 0) is 9.59 Å². The van der Waals surface area contributed by atoms with Gasteiger partial charge in [0, 0.05) is 24.9 Å². The predicted octanol–water partition coefficient (Wildman–Crippen LogP) is 2.72. The van der Waals surface area contributed by atoms with Gasteiger partial charge in [-0.1, -0.05) is 12.1 Å². The molecule has 0 saturated heterocycles. The molecule has 2 amide bonds. The van der Waals surface area contributed by atoms with E-state index in [0.717, 1.165) is 5.56 Å². The minimum atomic E-state index is -0.604. The van der Waals surface area contributed by atoms with E-state index in [-0.39, 0.29) is 29.6 Å². The molecule has 0 spiro atoms. The number of rotatable bonds is 8. The van der Waals surface area contributed by atoms with Crippen LogP contribution in [0.2, 0.25) is 0 Å². The normalized spacial score (nSPS) is 10.4. The average Bonchev–Trinajstić information content (AvgIpc) is 2.71. The van der Waals surface area contributed by atoms with E-state index < -0.39 is 10.8 Å². The van der Waals surface area contributed by atoms with E-state index in [0.29, 0.717) is 5.75 Å². The Morgan fingerprint density at radius 1 is 1.17 bits per heavy atom. The molecule has 9 nitrogen and oxygen atoms in total. The molecule has 0 atom stereocenters. The molecule has 0 aliphatic heterocycles. The SMILES string of the molecule is COc1cccc(/C=C/C(=O)N(C)CC(=O)Nc2ccc(OC)c([N+](=O)[O-])c2)c1. The van der Waals surface area contributed by atoms with Gasteiger partial charge in [-0.3, -0.25) is 19.7 Å². The molecule has 0 fully saturated rings. The Kier molecular flexibility index (Phi) is 7.30. The molecule has 1 N–H and O–H groups in total. The second-order valence-electron chi connectivity index (χ2n) is 6.00. The van der Waals surface area contributed by atoms with Crippen molar-refractivity contribution < 1.29 is 24.0 Å². The van der Waals surface area contributed by atoms with Gasteiger partial charge in [-0.2, -0.15) is 0 Å². The van der Waals surface area contributed by atoms with E-state index in [9.17, 15) is 19.7 Å². The first-order valence-corrected chi connectivity index (χ1v) is 8.53. The zero-order valence-electron chi connectivity index (χ0n) is 16.2. The number of anilines is 1. The number of hydrogen-bond acceptors (Lipinski definition) is 6. The topological polar surface area (TPSA) is 111 Å². The highest BCUT2D eigenvalue weighted by atomic mass is 16.6. The predicted molar refractivity (Wildman–Crippen MR) is 108 cm³/mol. The lowest BCUT2D eigenvalue weighted by Gasteiger charge is -2.15. The largest absolute Gasteiger partial charge is 0.497 e. The molecule has 0 aliphatic carbocycles. The smallest absolute Gasteiger partial charge is 0.312 e. The Hall–Kier alpha value is -3.88. The van der Waals surface area contributed by atoms with Crippen LogP contribution < -0.4 is 14.8 Å². The number of benzene rings is 2. The summed E-state index contributed by atoms with van der Waals surface area (Å²) in [5.74, 6) is -0.109. The summed E-state index contributed by atoms with van der Waals surface area (Å²) in [6.45, 7) is -0.221. The maximum absolute atomic E-state index is 12.2. The Bertz CT molecular complexity index is 942. The van der Waals surface area contributed by atoms with Crippen LogP contribution in [0.1, 0.15) is 5.56 Å². The van der Waals surface area contributed by atoms with Crippen LogP contribution in [0.4, 0.5) is 11.4 Å². The van der Waals surface area contributed by atoms with Gasteiger partial charge in [0.15, 0.2) is 5.75 Å². The van der Waals surface area contributed by atoms with Crippen molar-refractivity contribution in [2.24, 2.45) is 0 Å². The van der Waals surface area contributed by atoms with Crippen LogP contribution in [-0.4, -0.2) is 49.4 Å². The molecule has 0 bridgehead atoms. The van der Waals surface area contributed by atoms with Crippen LogP contribution in [0.15, 0.2) is 48.5 Å². The van der Waals surface area contributed by atoms with Gasteiger partial charge in [-0.05, 0) is 35.9 Å². The van der Waals surface area contributed by atoms with Gasteiger partial charge >= 0.3 is 5.69 Å². The quantitative estimate of drug-likeness (QED) is 0.415. The van der Waals surface area contributed by atoms with Crippen molar-refractivity contribution in [3.63, 3.8) is 0 Å². The third kappa shape index (κ3) is 6.06. The summed E-state index contributed by atoms with van der Waals surface area (Å²) in [6.07, 6.45) is 2.96. The van der Waals surface area contributed by atoms with Crippen LogP contribution in [0.25, 0.3) is 6.08 Å². The minimum absolute atomic E-state index is 0.0861. The number of nitro benzene ring substituents is 1. The molecule has 2 rings (SSSR count). The number of methoxy groups -OCH3 is 2. The molecule has 152 valence electrons. The summed E-state index contributed by atoms with van der Waals surface area (Å²) in [5.41, 5.74) is 0.743. The number of likely N-dealkylation sites (N-methyl/N-ethyl adjacent to an activating group) is 1. The van der Waals surface area contributed by atoms with Crippen LogP contribution in [0, 0.1) is 10.1 Å². The molecule has 2 aromatic carbocycles. The second kappa shape index (κ2) is 9.88. The van der Waals surface area contributed by atoms with Crippen molar-refractivity contribution in [3.05, 3.63) is 64.2 Å². The molecule has 0 heterocycles. The summed E-state index contributed by atoms with van der Waals surface area (Å²) in [7, 11) is 4.35. The Labute approximate surface area is 167 Å². The van der Waals surface area contributed by atoms with E-state index in [1.807, 2.05) is 6.07 Å². The molecule has 2 aromatic rings. The first kappa shape index (κ1) is 21.4. The first-order valence-electron chi connectivity index (χ1n) is 8.53. The molecule has 29 heavy (non-hydrogen) atoms. The van der Waals surface area contributed by atoms with E-state index in [2.05, 4.69) is 5.32 Å². The van der Waals surface area contributed by atoms with E-state index >= 15 is 0 Å². The van der Waals surface area contributed by atoms with E-state index in [1.54, 1.807) is 31.4 Å². The molecular formula is C20H21N3O6. The molecule has 0 unspecified atom stereocenters. The van der Waals surface area contributed by atoms with Gasteiger partial charge in [0.25, 0.3) is 0 Å². The second-order valence-corrected chi connectivity index (χ2v) is 6.00. The number of nitrogens with one attached hydrogen (secondary N) is 1. The molecule has 0 radical (unpaired) electrons. The minimum Gasteiger partial charge on any atom is -0.497 e. The number of nitrogens with zero attached hydrogens (tertiary/aromatic N) is 2. The van der Waals surface area contributed by atoms with Gasteiger partial charge in [0.05, 0.1) is 25.7 Å². The number of nitro groups is 1. The summed E-state index contributed by atoms with van der Waals surface area (Å²) in [5, 5.41) is 13.6. The van der Waals surface area contributed by atoms with Gasteiger partial charge in [-0.15, -0.1) is 0 Å². The monoisotopic (exact) mass is 399 g/mol. The van der Waals surface area contributed by atoms with Crippen molar-refractivity contribution in [2.75, 3.05) is 33.1 Å². The number of hydrogen-bond donors (Lipinski definition) is 1. The lowest BCUT2D eigenvalue weighted by atomic mass is 10.2. The first-order chi connectivity index (χ1) is 13.8. The molecule has 0 aromatic heterocycles. The number of amides is 2. The summed E-state index contributed by atoms with van der Waals surface area (Å²) >= 11 is 0. The fraction of sp³-hybridized carbons (Fsp3) is 0.200. The Morgan fingerprint density at radius 3 is 2.59 bits per heavy atom. The highest BCUT2D eigenvalue weighted by Gasteiger charge is 2.17. The van der Waals surface area contributed by atoms with Crippen molar-refractivity contribution in [2.45, 2.75) is 0 Å². The molecule has 9 heteroatoms.